The lowest BCUT2D eigenvalue weighted by Gasteiger charge is -2.42. The molecule has 3 aliphatic rings. The van der Waals surface area contributed by atoms with Gasteiger partial charge in [-0.3, -0.25) is 14.9 Å². The number of carbonyl (C=O) groups is 2. The molecule has 6 N–H and O–H groups in total. The van der Waals surface area contributed by atoms with E-state index in [-0.39, 0.29) is 18.3 Å². The zero-order chi connectivity index (χ0) is 35.3. The second-order valence-electron chi connectivity index (χ2n) is 12.3. The lowest BCUT2D eigenvalue weighted by atomic mass is 9.86. The molecule has 0 saturated carbocycles. The van der Waals surface area contributed by atoms with Crippen LogP contribution in [0.25, 0.3) is 10.9 Å². The van der Waals surface area contributed by atoms with E-state index in [1.807, 2.05) is 41.4 Å². The second kappa shape index (κ2) is 13.4. The Bertz CT molecular complexity index is 1880. The van der Waals surface area contributed by atoms with E-state index in [9.17, 15) is 24.9 Å². The van der Waals surface area contributed by atoms with Crippen molar-refractivity contribution in [2.75, 3.05) is 27.9 Å². The maximum Gasteiger partial charge on any atom is 0.318 e. The quantitative estimate of drug-likeness (QED) is 0.0744. The number of carboxylic acids is 1. The van der Waals surface area contributed by atoms with E-state index in [0.29, 0.717) is 29.5 Å². The number of fused-ring (bicyclic) bond motifs is 6. The summed E-state index contributed by atoms with van der Waals surface area (Å²) in [5, 5.41) is 45.0. The Labute approximate surface area is 285 Å². The molecule has 0 bridgehead atoms. The Morgan fingerprint density at radius 1 is 1.08 bits per heavy atom. The highest BCUT2D eigenvalue weighted by Gasteiger charge is 2.49. The number of nitrogens with zero attached hydrogens (tertiary/aromatic N) is 1. The third kappa shape index (κ3) is 5.94. The van der Waals surface area contributed by atoms with Crippen LogP contribution in [0.3, 0.4) is 0 Å². The Hall–Kier alpha value is -5.00. The molecule has 0 radical (unpaired) electrons. The minimum atomic E-state index is -1.78. The standard InChI is InChI=1S/C34H37N3O13/c1-35-33(48-24(40)10-23(38)39)32-27(42)26(41)28(43)34(50-32)47-17-8-16(12-37-11-15-6-7-36-20(15)13-37)25-22(9-17)46-14-19-18-4-5-21(44-2)31(45-3)30(18)49-29(19)25/h4-9,11,13,19,26-29,32-36,41-43H,10,12,14H2,1-3H3,(H,38,39)/t19-,26-,27-,28+,29+,32-,33+,34+/m0/s1. The number of hydrogen-bond acceptors (Lipinski definition) is 13. The van der Waals surface area contributed by atoms with Crippen LogP contribution in [-0.4, -0.2) is 107 Å². The molecule has 8 atom stereocenters. The summed E-state index contributed by atoms with van der Waals surface area (Å²) >= 11 is 0. The average Bonchev–Trinajstić information content (AvgIpc) is 3.80. The number of ether oxygens (including phenoxy) is 7. The molecule has 4 aromatic rings. The van der Waals surface area contributed by atoms with E-state index in [1.165, 1.54) is 7.05 Å². The summed E-state index contributed by atoms with van der Waals surface area (Å²) in [6.07, 6.45) is -5.19. The zero-order valence-electron chi connectivity index (χ0n) is 27.3. The highest BCUT2D eigenvalue weighted by atomic mass is 16.7. The number of aromatic nitrogens is 2. The van der Waals surface area contributed by atoms with Gasteiger partial charge in [0.05, 0.1) is 32.3 Å². The van der Waals surface area contributed by atoms with E-state index in [4.69, 9.17) is 38.3 Å². The van der Waals surface area contributed by atoms with Crippen LogP contribution in [0.5, 0.6) is 28.7 Å². The van der Waals surface area contributed by atoms with E-state index in [0.717, 1.165) is 27.6 Å². The van der Waals surface area contributed by atoms with Crippen molar-refractivity contribution in [3.63, 3.8) is 0 Å². The first-order valence-corrected chi connectivity index (χ1v) is 15.9. The van der Waals surface area contributed by atoms with Crippen LogP contribution < -0.4 is 29.0 Å². The smallest absolute Gasteiger partial charge is 0.318 e. The highest BCUT2D eigenvalue weighted by Crippen LogP contribution is 2.57. The number of carbonyl (C=O) groups excluding carboxylic acids is 1. The number of esters is 1. The fourth-order valence-electron chi connectivity index (χ4n) is 6.85. The fourth-order valence-corrected chi connectivity index (χ4v) is 6.85. The van der Waals surface area contributed by atoms with Gasteiger partial charge in [-0.05, 0) is 30.8 Å². The second-order valence-corrected chi connectivity index (χ2v) is 12.3. The van der Waals surface area contributed by atoms with Gasteiger partial charge in [0.15, 0.2) is 17.7 Å². The Morgan fingerprint density at radius 2 is 1.90 bits per heavy atom. The van der Waals surface area contributed by atoms with Crippen LogP contribution >= 0.6 is 0 Å². The van der Waals surface area contributed by atoms with Crippen molar-refractivity contribution in [3.05, 3.63) is 65.6 Å². The molecule has 16 heteroatoms. The van der Waals surface area contributed by atoms with Crippen LogP contribution in [0.15, 0.2) is 48.9 Å². The normalized spacial score (nSPS) is 25.8. The highest BCUT2D eigenvalue weighted by molar-refractivity contribution is 5.90. The average molecular weight is 696 g/mol. The van der Waals surface area contributed by atoms with Crippen molar-refractivity contribution in [1.29, 1.82) is 0 Å². The van der Waals surface area contributed by atoms with Crippen molar-refractivity contribution in [3.8, 4) is 28.7 Å². The summed E-state index contributed by atoms with van der Waals surface area (Å²) in [7, 11) is 4.50. The van der Waals surface area contributed by atoms with Gasteiger partial charge in [-0.2, -0.15) is 0 Å². The number of rotatable bonds is 11. The summed E-state index contributed by atoms with van der Waals surface area (Å²) in [4.78, 5) is 26.3. The monoisotopic (exact) mass is 695 g/mol. The molecule has 3 aliphatic heterocycles. The van der Waals surface area contributed by atoms with Crippen molar-refractivity contribution >= 4 is 22.8 Å². The molecule has 0 unspecified atom stereocenters. The maximum absolute atomic E-state index is 12.1. The molecular weight excluding hydrogens is 658 g/mol. The third-order valence-corrected chi connectivity index (χ3v) is 9.21. The number of likely N-dealkylation sites (N-methyl/N-ethyl adjacent to an activating group) is 1. The molecule has 1 fully saturated rings. The number of methoxy groups -OCH3 is 2. The summed E-state index contributed by atoms with van der Waals surface area (Å²) in [5.74, 6) is -0.417. The number of aliphatic carboxylic acids is 1. The molecule has 50 heavy (non-hydrogen) atoms. The van der Waals surface area contributed by atoms with Crippen LogP contribution in [0.4, 0.5) is 0 Å². The zero-order valence-corrected chi connectivity index (χ0v) is 27.3. The lowest BCUT2D eigenvalue weighted by molar-refractivity contribution is -0.291. The van der Waals surface area contributed by atoms with Crippen LogP contribution in [-0.2, 0) is 25.6 Å². The van der Waals surface area contributed by atoms with Gasteiger partial charge in [0.1, 0.15) is 48.4 Å². The van der Waals surface area contributed by atoms with E-state index < -0.39 is 61.4 Å². The first-order valence-electron chi connectivity index (χ1n) is 15.9. The summed E-state index contributed by atoms with van der Waals surface area (Å²) < 4.78 is 43.3. The number of aliphatic hydroxyl groups excluding tert-OH is 3. The molecule has 0 amide bonds. The molecule has 16 nitrogen and oxygen atoms in total. The number of aromatic amines is 1. The summed E-state index contributed by atoms with van der Waals surface area (Å²) in [6, 6.07) is 9.12. The molecule has 2 aromatic heterocycles. The van der Waals surface area contributed by atoms with Crippen molar-refractivity contribution in [2.45, 2.75) is 61.9 Å². The van der Waals surface area contributed by atoms with Gasteiger partial charge in [0, 0.05) is 47.7 Å². The first-order chi connectivity index (χ1) is 24.1. The van der Waals surface area contributed by atoms with Crippen LogP contribution in [0, 0.1) is 0 Å². The van der Waals surface area contributed by atoms with E-state index in [1.54, 1.807) is 26.4 Å². The first kappa shape index (κ1) is 33.5. The predicted octanol–water partition coefficient (Wildman–Crippen LogP) is 1.39. The topological polar surface area (TPSA) is 212 Å². The third-order valence-electron chi connectivity index (χ3n) is 9.21. The predicted molar refractivity (Wildman–Crippen MR) is 171 cm³/mol. The molecule has 5 heterocycles. The molecule has 2 aromatic carbocycles. The van der Waals surface area contributed by atoms with Gasteiger partial charge in [-0.15, -0.1) is 0 Å². The van der Waals surface area contributed by atoms with E-state index >= 15 is 0 Å². The minimum absolute atomic E-state index is 0.162. The number of carboxylic acid groups (broad SMARTS) is 1. The maximum atomic E-state index is 12.1. The number of benzene rings is 2. The minimum Gasteiger partial charge on any atom is -0.493 e. The van der Waals surface area contributed by atoms with E-state index in [2.05, 4.69) is 10.3 Å². The summed E-state index contributed by atoms with van der Waals surface area (Å²) in [5.41, 5.74) is 3.41. The molecule has 7 rings (SSSR count). The van der Waals surface area contributed by atoms with Crippen LogP contribution in [0.1, 0.15) is 35.1 Å². The van der Waals surface area contributed by atoms with Gasteiger partial charge >= 0.3 is 11.9 Å². The Kier molecular flexibility index (Phi) is 8.96. The van der Waals surface area contributed by atoms with Gasteiger partial charge in [0.2, 0.25) is 12.0 Å². The van der Waals surface area contributed by atoms with Crippen molar-refractivity contribution in [2.24, 2.45) is 0 Å². The fraction of sp³-hybridized carbons (Fsp3) is 0.412. The Balaban J connectivity index is 1.22. The van der Waals surface area contributed by atoms with Gasteiger partial charge in [0.25, 0.3) is 0 Å². The van der Waals surface area contributed by atoms with Gasteiger partial charge < -0.3 is 63.1 Å². The molecule has 1 saturated heterocycles. The number of hydrogen-bond donors (Lipinski definition) is 6. The van der Waals surface area contributed by atoms with Gasteiger partial charge in [-0.1, -0.05) is 6.07 Å². The number of aliphatic hydroxyl groups is 3. The lowest BCUT2D eigenvalue weighted by Crippen LogP contribution is -2.64. The Morgan fingerprint density at radius 3 is 2.62 bits per heavy atom. The molecule has 0 spiro atoms. The van der Waals surface area contributed by atoms with Gasteiger partial charge in [-0.25, -0.2) is 0 Å². The van der Waals surface area contributed by atoms with Crippen molar-refractivity contribution < 1.29 is 63.2 Å². The number of nitrogens with one attached hydrogen (secondary N) is 2. The van der Waals surface area contributed by atoms with Crippen molar-refractivity contribution in [1.82, 2.24) is 14.9 Å². The largest absolute Gasteiger partial charge is 0.493 e. The summed E-state index contributed by atoms with van der Waals surface area (Å²) in [6.45, 7) is 0.644. The molecule has 266 valence electrons. The molecular formula is C34H37N3O13. The number of H-pyrrole nitrogens is 1. The SMILES string of the molecule is CN[C@H](OC(=O)CC(=O)O)[C@H]1O[C@@H](Oc2cc(Cn3cc4cc[nH]c4c3)c3c(c2)OC[C@H]2c4ccc(OC)c(OC)c4O[C@@H]32)[C@H](O)[C@@H](O)[C@@H]1O. The van der Waals surface area contributed by atoms with Crippen LogP contribution in [0.2, 0.25) is 0 Å². The molecule has 0 aliphatic carbocycles.